The molecule has 84 valence electrons. The van der Waals surface area contributed by atoms with Crippen molar-refractivity contribution in [3.05, 3.63) is 33.8 Å². The van der Waals surface area contributed by atoms with E-state index in [4.69, 9.17) is 32.8 Å². The molecule has 0 spiro atoms. The van der Waals surface area contributed by atoms with Gasteiger partial charge in [-0.2, -0.15) is 5.48 Å². The van der Waals surface area contributed by atoms with E-state index in [1.807, 2.05) is 0 Å². The molecular formula is C10H13Cl2NO2. The molecule has 3 nitrogen and oxygen atoms in total. The summed E-state index contributed by atoms with van der Waals surface area (Å²) in [5.74, 6) is 0. The van der Waals surface area contributed by atoms with Crippen LogP contribution in [0.3, 0.4) is 0 Å². The minimum atomic E-state index is 0.495. The summed E-state index contributed by atoms with van der Waals surface area (Å²) >= 11 is 11.8. The molecule has 0 amide bonds. The molecule has 0 radical (unpaired) electrons. The lowest BCUT2D eigenvalue weighted by atomic mass is 10.2. The van der Waals surface area contributed by atoms with Gasteiger partial charge in [0.15, 0.2) is 0 Å². The zero-order valence-corrected chi connectivity index (χ0v) is 9.94. The van der Waals surface area contributed by atoms with E-state index in [2.05, 4.69) is 5.48 Å². The Kier molecular flexibility index (Phi) is 5.98. The van der Waals surface area contributed by atoms with E-state index in [0.717, 1.165) is 5.56 Å². The van der Waals surface area contributed by atoms with Crippen molar-refractivity contribution in [2.24, 2.45) is 0 Å². The Morgan fingerprint density at radius 2 is 2.07 bits per heavy atom. The molecule has 0 saturated heterocycles. The smallest absolute Gasteiger partial charge is 0.0916 e. The molecule has 0 unspecified atom stereocenters. The van der Waals surface area contributed by atoms with Crippen molar-refractivity contribution in [2.45, 2.75) is 6.54 Å². The highest BCUT2D eigenvalue weighted by Gasteiger charge is 2.00. The van der Waals surface area contributed by atoms with Crippen LogP contribution >= 0.6 is 23.2 Å². The number of halogens is 2. The molecule has 0 bridgehead atoms. The zero-order chi connectivity index (χ0) is 11.1. The van der Waals surface area contributed by atoms with Gasteiger partial charge in [-0.15, -0.1) is 0 Å². The molecule has 1 aromatic rings. The minimum Gasteiger partial charge on any atom is -0.382 e. The average molecular weight is 250 g/mol. The van der Waals surface area contributed by atoms with Gasteiger partial charge in [-0.25, -0.2) is 0 Å². The van der Waals surface area contributed by atoms with Crippen molar-refractivity contribution in [2.75, 3.05) is 20.3 Å². The Hall–Kier alpha value is -0.320. The summed E-state index contributed by atoms with van der Waals surface area (Å²) in [7, 11) is 1.62. The summed E-state index contributed by atoms with van der Waals surface area (Å²) in [6.45, 7) is 1.56. The van der Waals surface area contributed by atoms with Crippen LogP contribution in [0, 0.1) is 0 Å². The molecule has 0 aromatic heterocycles. The van der Waals surface area contributed by atoms with Crippen molar-refractivity contribution in [3.8, 4) is 0 Å². The maximum absolute atomic E-state index is 5.96. The standard InChI is InChI=1S/C10H13Cl2NO2/c1-14-4-5-15-13-7-8-6-9(11)2-3-10(8)12/h2-3,6,13H,4-5,7H2,1H3. The third-order valence-corrected chi connectivity index (χ3v) is 2.37. The Bertz CT molecular complexity index is 307. The molecule has 0 fully saturated rings. The van der Waals surface area contributed by atoms with E-state index in [1.165, 1.54) is 0 Å². The lowest BCUT2D eigenvalue weighted by molar-refractivity contribution is 0.00348. The number of hydrogen-bond donors (Lipinski definition) is 1. The van der Waals surface area contributed by atoms with Crippen molar-refractivity contribution >= 4 is 23.2 Å². The number of methoxy groups -OCH3 is 1. The Labute approximate surface area is 99.2 Å². The number of hydrogen-bond acceptors (Lipinski definition) is 3. The maximum Gasteiger partial charge on any atom is 0.0916 e. The molecule has 0 saturated carbocycles. The van der Waals surface area contributed by atoms with E-state index in [0.29, 0.717) is 29.8 Å². The van der Waals surface area contributed by atoms with Crippen LogP contribution in [0.25, 0.3) is 0 Å². The molecule has 1 rings (SSSR count). The van der Waals surface area contributed by atoms with Gasteiger partial charge in [-0.05, 0) is 23.8 Å². The molecule has 1 N–H and O–H groups in total. The highest BCUT2D eigenvalue weighted by molar-refractivity contribution is 6.33. The summed E-state index contributed by atoms with van der Waals surface area (Å²) < 4.78 is 4.82. The second-order valence-electron chi connectivity index (χ2n) is 2.90. The van der Waals surface area contributed by atoms with Gasteiger partial charge in [0, 0.05) is 23.7 Å². The summed E-state index contributed by atoms with van der Waals surface area (Å²) in [4.78, 5) is 5.10. The largest absolute Gasteiger partial charge is 0.382 e. The van der Waals surface area contributed by atoms with Crippen LogP contribution in [0.1, 0.15) is 5.56 Å². The fourth-order valence-corrected chi connectivity index (χ4v) is 1.38. The lowest BCUT2D eigenvalue weighted by Gasteiger charge is -2.07. The molecule has 1 aromatic carbocycles. The van der Waals surface area contributed by atoms with Gasteiger partial charge >= 0.3 is 0 Å². The fourth-order valence-electron chi connectivity index (χ4n) is 1.00. The van der Waals surface area contributed by atoms with Gasteiger partial charge in [0.2, 0.25) is 0 Å². The Balaban J connectivity index is 2.33. The predicted molar refractivity (Wildman–Crippen MR) is 61.1 cm³/mol. The Morgan fingerprint density at radius 3 is 2.80 bits per heavy atom. The number of ether oxygens (including phenoxy) is 1. The molecule has 0 aliphatic rings. The molecule has 0 atom stereocenters. The fraction of sp³-hybridized carbons (Fsp3) is 0.400. The van der Waals surface area contributed by atoms with E-state index in [-0.39, 0.29) is 0 Å². The van der Waals surface area contributed by atoms with Crippen LogP contribution in [-0.2, 0) is 16.1 Å². The summed E-state index contributed by atoms with van der Waals surface area (Å²) in [6, 6.07) is 5.31. The zero-order valence-electron chi connectivity index (χ0n) is 8.43. The lowest BCUT2D eigenvalue weighted by Crippen LogP contribution is -2.17. The molecule has 5 heteroatoms. The highest BCUT2D eigenvalue weighted by Crippen LogP contribution is 2.20. The number of hydroxylamine groups is 1. The first-order chi connectivity index (χ1) is 7.24. The normalized spacial score (nSPS) is 10.6. The third kappa shape index (κ3) is 4.82. The summed E-state index contributed by atoms with van der Waals surface area (Å²) in [6.07, 6.45) is 0. The van der Waals surface area contributed by atoms with Crippen molar-refractivity contribution < 1.29 is 9.57 Å². The number of nitrogens with one attached hydrogen (secondary N) is 1. The summed E-state index contributed by atoms with van der Waals surface area (Å²) in [5, 5.41) is 1.33. The molecular weight excluding hydrogens is 237 g/mol. The first-order valence-electron chi connectivity index (χ1n) is 4.51. The second kappa shape index (κ2) is 7.04. The van der Waals surface area contributed by atoms with Crippen LogP contribution in [0.5, 0.6) is 0 Å². The molecule has 0 aliphatic carbocycles. The quantitative estimate of drug-likeness (QED) is 0.622. The van der Waals surface area contributed by atoms with Crippen molar-refractivity contribution in [1.82, 2.24) is 5.48 Å². The van der Waals surface area contributed by atoms with Crippen LogP contribution in [0.2, 0.25) is 10.0 Å². The van der Waals surface area contributed by atoms with Crippen LogP contribution in [0.15, 0.2) is 18.2 Å². The predicted octanol–water partition coefficient (Wildman–Crippen LogP) is 2.66. The monoisotopic (exact) mass is 249 g/mol. The number of benzene rings is 1. The van der Waals surface area contributed by atoms with Crippen LogP contribution in [-0.4, -0.2) is 20.3 Å². The van der Waals surface area contributed by atoms with Crippen LogP contribution in [0.4, 0.5) is 0 Å². The van der Waals surface area contributed by atoms with E-state index in [9.17, 15) is 0 Å². The SMILES string of the molecule is COCCONCc1cc(Cl)ccc1Cl. The minimum absolute atomic E-state index is 0.495. The van der Waals surface area contributed by atoms with Crippen molar-refractivity contribution in [1.29, 1.82) is 0 Å². The molecule has 0 heterocycles. The average Bonchev–Trinajstić information content (AvgIpc) is 2.23. The van der Waals surface area contributed by atoms with Gasteiger partial charge in [0.1, 0.15) is 0 Å². The maximum atomic E-state index is 5.96. The van der Waals surface area contributed by atoms with E-state index >= 15 is 0 Å². The number of rotatable bonds is 6. The van der Waals surface area contributed by atoms with Gasteiger partial charge in [0.25, 0.3) is 0 Å². The third-order valence-electron chi connectivity index (χ3n) is 1.76. The van der Waals surface area contributed by atoms with E-state index in [1.54, 1.807) is 25.3 Å². The van der Waals surface area contributed by atoms with Gasteiger partial charge < -0.3 is 4.74 Å². The molecule has 0 aliphatic heterocycles. The Morgan fingerprint density at radius 1 is 1.27 bits per heavy atom. The van der Waals surface area contributed by atoms with Gasteiger partial charge in [-0.3, -0.25) is 4.84 Å². The van der Waals surface area contributed by atoms with Crippen molar-refractivity contribution in [3.63, 3.8) is 0 Å². The van der Waals surface area contributed by atoms with Gasteiger partial charge in [0.05, 0.1) is 13.2 Å². The topological polar surface area (TPSA) is 30.5 Å². The van der Waals surface area contributed by atoms with Gasteiger partial charge in [-0.1, -0.05) is 23.2 Å². The second-order valence-corrected chi connectivity index (χ2v) is 3.74. The van der Waals surface area contributed by atoms with E-state index < -0.39 is 0 Å². The first kappa shape index (κ1) is 12.7. The summed E-state index contributed by atoms with van der Waals surface area (Å²) in [5.41, 5.74) is 3.69. The highest BCUT2D eigenvalue weighted by atomic mass is 35.5. The first-order valence-corrected chi connectivity index (χ1v) is 5.27. The molecule has 15 heavy (non-hydrogen) atoms. The van der Waals surface area contributed by atoms with Crippen LogP contribution < -0.4 is 5.48 Å².